The van der Waals surface area contributed by atoms with Gasteiger partial charge >= 0.3 is 0 Å². The standard InChI is InChI=1S/C18H24BrNO3/c1-3-22-16-11-12(9-14(19)18(16)23-4-2)10-15-17(21)13-5-7-20(15)8-6-13/h9-11,13,17,21H,3-8H2,1-2H3/b15-10+/t17-/m1/s1. The molecule has 2 bridgehead atoms. The van der Waals surface area contributed by atoms with E-state index in [1.807, 2.05) is 26.0 Å². The zero-order valence-electron chi connectivity index (χ0n) is 13.7. The Balaban J connectivity index is 1.95. The Hall–Kier alpha value is -1.20. The Morgan fingerprint density at radius 2 is 1.91 bits per heavy atom. The molecule has 5 heteroatoms. The van der Waals surface area contributed by atoms with Gasteiger partial charge in [0.1, 0.15) is 0 Å². The van der Waals surface area contributed by atoms with E-state index in [9.17, 15) is 5.11 Å². The zero-order valence-corrected chi connectivity index (χ0v) is 15.3. The molecular weight excluding hydrogens is 358 g/mol. The Labute approximate surface area is 146 Å². The Kier molecular flexibility index (Phi) is 5.17. The lowest BCUT2D eigenvalue weighted by Gasteiger charge is -2.46. The minimum Gasteiger partial charge on any atom is -0.490 e. The van der Waals surface area contributed by atoms with Crippen LogP contribution < -0.4 is 9.47 Å². The van der Waals surface area contributed by atoms with Crippen LogP contribution in [0.4, 0.5) is 0 Å². The van der Waals surface area contributed by atoms with Crippen LogP contribution in [-0.4, -0.2) is 42.4 Å². The fraction of sp³-hybridized carbons (Fsp3) is 0.556. The molecule has 1 N–H and O–H groups in total. The molecule has 0 saturated carbocycles. The lowest BCUT2D eigenvalue weighted by atomic mass is 9.83. The summed E-state index contributed by atoms with van der Waals surface area (Å²) in [5.74, 6) is 1.88. The molecule has 23 heavy (non-hydrogen) atoms. The summed E-state index contributed by atoms with van der Waals surface area (Å²) in [4.78, 5) is 2.30. The molecule has 0 aromatic heterocycles. The van der Waals surface area contributed by atoms with Crippen LogP contribution in [0, 0.1) is 5.92 Å². The predicted octanol–water partition coefficient (Wildman–Crippen LogP) is 3.67. The smallest absolute Gasteiger partial charge is 0.175 e. The summed E-state index contributed by atoms with van der Waals surface area (Å²) in [5, 5.41) is 10.5. The van der Waals surface area contributed by atoms with Gasteiger partial charge in [0.15, 0.2) is 11.5 Å². The van der Waals surface area contributed by atoms with Crippen molar-refractivity contribution in [2.24, 2.45) is 5.92 Å². The van der Waals surface area contributed by atoms with Crippen LogP contribution in [0.2, 0.25) is 0 Å². The quantitative estimate of drug-likeness (QED) is 0.844. The van der Waals surface area contributed by atoms with Crippen molar-refractivity contribution in [1.82, 2.24) is 4.90 Å². The third kappa shape index (κ3) is 3.36. The number of ether oxygens (including phenoxy) is 2. The first-order valence-corrected chi connectivity index (χ1v) is 9.17. The molecule has 0 amide bonds. The first-order valence-electron chi connectivity index (χ1n) is 8.37. The first-order chi connectivity index (χ1) is 11.1. The van der Waals surface area contributed by atoms with Crippen molar-refractivity contribution in [3.05, 3.63) is 27.9 Å². The number of rotatable bonds is 5. The number of hydrogen-bond donors (Lipinski definition) is 1. The fourth-order valence-electron chi connectivity index (χ4n) is 3.47. The topological polar surface area (TPSA) is 41.9 Å². The monoisotopic (exact) mass is 381 g/mol. The van der Waals surface area contributed by atoms with E-state index in [0.29, 0.717) is 19.1 Å². The van der Waals surface area contributed by atoms with Crippen LogP contribution in [0.15, 0.2) is 22.3 Å². The lowest BCUT2D eigenvalue weighted by molar-refractivity contribution is 0.0215. The van der Waals surface area contributed by atoms with E-state index in [1.165, 1.54) is 0 Å². The highest BCUT2D eigenvalue weighted by atomic mass is 79.9. The second kappa shape index (κ2) is 7.14. The summed E-state index contributed by atoms with van der Waals surface area (Å²) in [7, 11) is 0. The number of fused-ring (bicyclic) bond motifs is 3. The fourth-order valence-corrected chi connectivity index (χ4v) is 4.04. The van der Waals surface area contributed by atoms with Crippen LogP contribution in [0.1, 0.15) is 32.3 Å². The van der Waals surface area contributed by atoms with Crippen molar-refractivity contribution in [3.8, 4) is 11.5 Å². The third-order valence-corrected chi connectivity index (χ3v) is 5.18. The van der Waals surface area contributed by atoms with Crippen LogP contribution in [-0.2, 0) is 0 Å². The average molecular weight is 382 g/mol. The Morgan fingerprint density at radius 1 is 1.22 bits per heavy atom. The molecule has 3 heterocycles. The van der Waals surface area contributed by atoms with Crippen molar-refractivity contribution in [2.75, 3.05) is 26.3 Å². The van der Waals surface area contributed by atoms with Crippen molar-refractivity contribution < 1.29 is 14.6 Å². The minimum absolute atomic E-state index is 0.349. The van der Waals surface area contributed by atoms with Gasteiger partial charge in [-0.15, -0.1) is 0 Å². The van der Waals surface area contributed by atoms with Crippen LogP contribution in [0.25, 0.3) is 6.08 Å². The average Bonchev–Trinajstić information content (AvgIpc) is 2.55. The molecule has 3 aliphatic rings. The summed E-state index contributed by atoms with van der Waals surface area (Å²) in [6.07, 6.45) is 3.92. The van der Waals surface area contributed by atoms with E-state index in [2.05, 4.69) is 26.9 Å². The molecule has 1 aromatic carbocycles. The second-order valence-electron chi connectivity index (χ2n) is 6.03. The predicted molar refractivity (Wildman–Crippen MR) is 94.8 cm³/mol. The molecular formula is C18H24BrNO3. The van der Waals surface area contributed by atoms with Gasteiger partial charge in [-0.25, -0.2) is 0 Å². The molecule has 1 aromatic rings. The van der Waals surface area contributed by atoms with Crippen LogP contribution >= 0.6 is 15.9 Å². The molecule has 0 unspecified atom stereocenters. The van der Waals surface area contributed by atoms with Gasteiger partial charge in [0, 0.05) is 18.8 Å². The van der Waals surface area contributed by atoms with Gasteiger partial charge in [-0.3, -0.25) is 0 Å². The first kappa shape index (κ1) is 16.7. The second-order valence-corrected chi connectivity index (χ2v) is 6.89. The van der Waals surface area contributed by atoms with Gasteiger partial charge in [0.25, 0.3) is 0 Å². The van der Waals surface area contributed by atoms with Crippen LogP contribution in [0.5, 0.6) is 11.5 Å². The highest BCUT2D eigenvalue weighted by molar-refractivity contribution is 9.10. The highest BCUT2D eigenvalue weighted by Gasteiger charge is 2.36. The largest absolute Gasteiger partial charge is 0.490 e. The number of nitrogens with zero attached hydrogens (tertiary/aromatic N) is 1. The van der Waals surface area contributed by atoms with Gasteiger partial charge in [-0.1, -0.05) is 0 Å². The van der Waals surface area contributed by atoms with Gasteiger partial charge < -0.3 is 19.5 Å². The number of aliphatic hydroxyl groups excluding tert-OH is 1. The molecule has 4 nitrogen and oxygen atoms in total. The zero-order chi connectivity index (χ0) is 16.4. The van der Waals surface area contributed by atoms with Gasteiger partial charge in [0.05, 0.1) is 23.8 Å². The molecule has 3 fully saturated rings. The minimum atomic E-state index is -0.349. The molecule has 4 rings (SSSR count). The third-order valence-electron chi connectivity index (χ3n) is 4.59. The van der Waals surface area contributed by atoms with E-state index in [0.717, 1.165) is 53.2 Å². The maximum absolute atomic E-state index is 10.5. The number of halogens is 1. The molecule has 0 radical (unpaired) electrons. The van der Waals surface area contributed by atoms with Gasteiger partial charge in [-0.05, 0) is 72.3 Å². The van der Waals surface area contributed by atoms with Crippen molar-refractivity contribution in [2.45, 2.75) is 32.8 Å². The number of piperidine rings is 3. The molecule has 3 saturated heterocycles. The number of aliphatic hydroxyl groups is 1. The number of benzene rings is 1. The van der Waals surface area contributed by atoms with E-state index in [1.54, 1.807) is 0 Å². The molecule has 126 valence electrons. The van der Waals surface area contributed by atoms with Gasteiger partial charge in [-0.2, -0.15) is 0 Å². The molecule has 3 aliphatic heterocycles. The lowest BCUT2D eigenvalue weighted by Crippen LogP contribution is -2.48. The summed E-state index contributed by atoms with van der Waals surface area (Å²) >= 11 is 3.58. The summed E-state index contributed by atoms with van der Waals surface area (Å²) in [6.45, 7) is 7.19. The summed E-state index contributed by atoms with van der Waals surface area (Å²) in [6, 6.07) is 4.01. The van der Waals surface area contributed by atoms with Crippen molar-refractivity contribution >= 4 is 22.0 Å². The Morgan fingerprint density at radius 3 is 2.52 bits per heavy atom. The molecule has 1 atom stereocenters. The summed E-state index contributed by atoms with van der Waals surface area (Å²) < 4.78 is 12.3. The van der Waals surface area contributed by atoms with Gasteiger partial charge in [0.2, 0.25) is 0 Å². The van der Waals surface area contributed by atoms with Crippen molar-refractivity contribution in [3.63, 3.8) is 0 Å². The van der Waals surface area contributed by atoms with E-state index < -0.39 is 0 Å². The van der Waals surface area contributed by atoms with Crippen molar-refractivity contribution in [1.29, 1.82) is 0 Å². The van der Waals surface area contributed by atoms with Crippen LogP contribution in [0.3, 0.4) is 0 Å². The van der Waals surface area contributed by atoms with E-state index in [4.69, 9.17) is 9.47 Å². The normalized spacial score (nSPS) is 25.0. The summed E-state index contributed by atoms with van der Waals surface area (Å²) in [5.41, 5.74) is 2.05. The van der Waals surface area contributed by atoms with E-state index >= 15 is 0 Å². The maximum atomic E-state index is 10.5. The molecule has 0 spiro atoms. The molecule has 0 aliphatic carbocycles. The maximum Gasteiger partial charge on any atom is 0.175 e. The number of hydrogen-bond acceptors (Lipinski definition) is 4. The SMILES string of the molecule is CCOc1cc(/C=C2\[C@H](O)C3CCN2CC3)cc(Br)c1OCC. The highest BCUT2D eigenvalue weighted by Crippen LogP contribution is 2.39. The van der Waals surface area contributed by atoms with E-state index in [-0.39, 0.29) is 6.10 Å². The Bertz CT molecular complexity index is 590.